The van der Waals surface area contributed by atoms with Crippen LogP contribution in [0.1, 0.15) is 31.2 Å². The van der Waals surface area contributed by atoms with Crippen molar-refractivity contribution in [2.75, 3.05) is 13.1 Å². The summed E-state index contributed by atoms with van der Waals surface area (Å²) < 4.78 is 1.86. The van der Waals surface area contributed by atoms with Crippen LogP contribution in [0.3, 0.4) is 0 Å². The fraction of sp³-hybridized carbons (Fsp3) is 0.750. The van der Waals surface area contributed by atoms with Crippen LogP contribution in [0, 0.1) is 0 Å². The predicted molar refractivity (Wildman–Crippen MR) is 68.1 cm³/mol. The van der Waals surface area contributed by atoms with Gasteiger partial charge in [0.15, 0.2) is 0 Å². The Bertz CT molecular complexity index is 391. The molecule has 1 aliphatic rings. The molecular formula is C12H20ClN3O. The number of hydrogen-bond acceptors (Lipinski definition) is 3. The maximum absolute atomic E-state index is 9.65. The lowest BCUT2D eigenvalue weighted by Crippen LogP contribution is -2.38. The van der Waals surface area contributed by atoms with E-state index in [1.54, 1.807) is 0 Å². The lowest BCUT2D eigenvalue weighted by atomic mass is 10.1. The van der Waals surface area contributed by atoms with Crippen molar-refractivity contribution in [3.05, 3.63) is 16.4 Å². The lowest BCUT2D eigenvalue weighted by molar-refractivity contribution is 0.0656. The molecule has 1 aliphatic heterocycles. The van der Waals surface area contributed by atoms with Crippen molar-refractivity contribution in [1.82, 2.24) is 14.7 Å². The van der Waals surface area contributed by atoms with E-state index in [4.69, 9.17) is 11.6 Å². The van der Waals surface area contributed by atoms with Crippen LogP contribution < -0.4 is 0 Å². The average Bonchev–Trinajstić information content (AvgIpc) is 2.56. The monoisotopic (exact) mass is 257 g/mol. The topological polar surface area (TPSA) is 41.3 Å². The van der Waals surface area contributed by atoms with Crippen molar-refractivity contribution in [2.45, 2.75) is 38.8 Å². The molecule has 1 fully saturated rings. The Morgan fingerprint density at radius 1 is 1.53 bits per heavy atom. The number of aromatic nitrogens is 2. The Morgan fingerprint density at radius 2 is 2.29 bits per heavy atom. The molecular weight excluding hydrogens is 238 g/mol. The van der Waals surface area contributed by atoms with Gasteiger partial charge in [-0.15, -0.1) is 0 Å². The minimum Gasteiger partial charge on any atom is -0.392 e. The van der Waals surface area contributed by atoms with Gasteiger partial charge in [0.25, 0.3) is 0 Å². The van der Waals surface area contributed by atoms with Gasteiger partial charge in [-0.2, -0.15) is 5.10 Å². The number of likely N-dealkylation sites (tertiary alicyclic amines) is 1. The van der Waals surface area contributed by atoms with Crippen molar-refractivity contribution in [1.29, 1.82) is 0 Å². The van der Waals surface area contributed by atoms with E-state index in [1.807, 2.05) is 11.7 Å². The summed E-state index contributed by atoms with van der Waals surface area (Å²) in [5.74, 6) is 0. The second-order valence-electron chi connectivity index (χ2n) is 4.72. The molecule has 1 aromatic rings. The Labute approximate surface area is 107 Å². The van der Waals surface area contributed by atoms with Crippen LogP contribution >= 0.6 is 11.6 Å². The molecule has 1 saturated heterocycles. The van der Waals surface area contributed by atoms with E-state index < -0.39 is 0 Å². The summed E-state index contributed by atoms with van der Waals surface area (Å²) in [7, 11) is 1.93. The zero-order chi connectivity index (χ0) is 12.4. The van der Waals surface area contributed by atoms with Crippen molar-refractivity contribution >= 4 is 11.6 Å². The average molecular weight is 258 g/mol. The summed E-state index contributed by atoms with van der Waals surface area (Å²) in [4.78, 5) is 2.25. The summed E-state index contributed by atoms with van der Waals surface area (Å²) in [6.45, 7) is 4.60. The summed E-state index contributed by atoms with van der Waals surface area (Å²) in [6, 6.07) is 0. The number of aryl methyl sites for hydroxylation is 2. The number of aliphatic hydroxyl groups excluding tert-OH is 1. The second-order valence-corrected chi connectivity index (χ2v) is 5.09. The fourth-order valence-corrected chi connectivity index (χ4v) is 2.73. The van der Waals surface area contributed by atoms with Crippen molar-refractivity contribution in [3.63, 3.8) is 0 Å². The zero-order valence-electron chi connectivity index (χ0n) is 10.5. The largest absolute Gasteiger partial charge is 0.392 e. The number of halogens is 1. The third-order valence-corrected chi connectivity index (χ3v) is 3.79. The number of β-amino-alcohol motifs (C(OH)–C–C–N with tert-alkyl or cyclic N) is 1. The molecule has 96 valence electrons. The van der Waals surface area contributed by atoms with E-state index in [0.29, 0.717) is 0 Å². The van der Waals surface area contributed by atoms with E-state index >= 15 is 0 Å². The van der Waals surface area contributed by atoms with Gasteiger partial charge in [-0.1, -0.05) is 18.5 Å². The molecule has 1 N–H and O–H groups in total. The third kappa shape index (κ3) is 2.81. The van der Waals surface area contributed by atoms with Gasteiger partial charge in [-0.25, -0.2) is 0 Å². The summed E-state index contributed by atoms with van der Waals surface area (Å²) in [6.07, 6.45) is 2.63. The van der Waals surface area contributed by atoms with Crippen LogP contribution in [0.4, 0.5) is 0 Å². The van der Waals surface area contributed by atoms with Crippen LogP contribution in [0.5, 0.6) is 0 Å². The summed E-state index contributed by atoms with van der Waals surface area (Å²) in [5, 5.41) is 14.8. The quantitative estimate of drug-likeness (QED) is 0.894. The Balaban J connectivity index is 2.10. The van der Waals surface area contributed by atoms with Crippen LogP contribution in [0.15, 0.2) is 0 Å². The maximum Gasteiger partial charge on any atom is 0.0863 e. The molecule has 1 atom stereocenters. The molecule has 0 amide bonds. The molecule has 0 radical (unpaired) electrons. The van der Waals surface area contributed by atoms with Gasteiger partial charge in [0.05, 0.1) is 22.5 Å². The molecule has 0 spiro atoms. The van der Waals surface area contributed by atoms with Crippen LogP contribution in [0.25, 0.3) is 0 Å². The number of piperidine rings is 1. The van der Waals surface area contributed by atoms with Crippen molar-refractivity contribution in [2.24, 2.45) is 7.05 Å². The molecule has 0 aliphatic carbocycles. The molecule has 2 rings (SSSR count). The van der Waals surface area contributed by atoms with Crippen LogP contribution in [-0.4, -0.2) is 39.0 Å². The Morgan fingerprint density at radius 3 is 2.88 bits per heavy atom. The van der Waals surface area contributed by atoms with Gasteiger partial charge in [0.2, 0.25) is 0 Å². The van der Waals surface area contributed by atoms with Crippen LogP contribution in [0.2, 0.25) is 5.02 Å². The molecule has 0 aromatic carbocycles. The number of hydrogen-bond donors (Lipinski definition) is 1. The second kappa shape index (κ2) is 5.38. The van der Waals surface area contributed by atoms with Crippen molar-refractivity contribution < 1.29 is 5.11 Å². The first-order chi connectivity index (χ1) is 8.11. The SMILES string of the molecule is CCc1nn(C)c(CN2CCCC(O)C2)c1Cl. The fourth-order valence-electron chi connectivity index (χ4n) is 2.38. The highest BCUT2D eigenvalue weighted by molar-refractivity contribution is 6.31. The highest BCUT2D eigenvalue weighted by Gasteiger charge is 2.21. The molecule has 0 bridgehead atoms. The number of rotatable bonds is 3. The van der Waals surface area contributed by atoms with Crippen molar-refractivity contribution in [3.8, 4) is 0 Å². The van der Waals surface area contributed by atoms with Gasteiger partial charge in [0, 0.05) is 20.1 Å². The molecule has 0 saturated carbocycles. The van der Waals surface area contributed by atoms with E-state index in [9.17, 15) is 5.11 Å². The Kier molecular flexibility index (Phi) is 4.07. The summed E-state index contributed by atoms with van der Waals surface area (Å²) in [5.41, 5.74) is 2.01. The minimum atomic E-state index is -0.193. The smallest absolute Gasteiger partial charge is 0.0863 e. The lowest BCUT2D eigenvalue weighted by Gasteiger charge is -2.29. The van der Waals surface area contributed by atoms with Gasteiger partial charge in [-0.05, 0) is 25.8 Å². The zero-order valence-corrected chi connectivity index (χ0v) is 11.2. The highest BCUT2D eigenvalue weighted by Crippen LogP contribution is 2.23. The summed E-state index contributed by atoms with van der Waals surface area (Å²) >= 11 is 6.31. The molecule has 4 nitrogen and oxygen atoms in total. The van der Waals surface area contributed by atoms with E-state index in [2.05, 4.69) is 16.9 Å². The van der Waals surface area contributed by atoms with E-state index in [1.165, 1.54) is 0 Å². The standard InChI is InChI=1S/C12H20ClN3O/c1-3-10-12(13)11(15(2)14-10)8-16-6-4-5-9(17)7-16/h9,17H,3-8H2,1-2H3. The third-order valence-electron chi connectivity index (χ3n) is 3.36. The Hall–Kier alpha value is -0.580. The number of aliphatic hydroxyl groups is 1. The maximum atomic E-state index is 9.65. The number of nitrogens with zero attached hydrogens (tertiary/aromatic N) is 3. The minimum absolute atomic E-state index is 0.193. The normalized spacial score (nSPS) is 22.0. The van der Waals surface area contributed by atoms with Gasteiger partial charge in [0.1, 0.15) is 0 Å². The van der Waals surface area contributed by atoms with E-state index in [-0.39, 0.29) is 6.10 Å². The van der Waals surface area contributed by atoms with E-state index in [0.717, 1.165) is 55.3 Å². The molecule has 1 aromatic heterocycles. The first-order valence-corrected chi connectivity index (χ1v) is 6.60. The molecule has 1 unspecified atom stereocenters. The molecule has 17 heavy (non-hydrogen) atoms. The van der Waals surface area contributed by atoms with Crippen LogP contribution in [-0.2, 0) is 20.0 Å². The van der Waals surface area contributed by atoms with Gasteiger partial charge < -0.3 is 5.11 Å². The van der Waals surface area contributed by atoms with Gasteiger partial charge >= 0.3 is 0 Å². The molecule has 2 heterocycles. The first-order valence-electron chi connectivity index (χ1n) is 6.22. The van der Waals surface area contributed by atoms with Gasteiger partial charge in [-0.3, -0.25) is 9.58 Å². The first kappa shape index (κ1) is 12.9. The predicted octanol–water partition coefficient (Wildman–Crippen LogP) is 1.59. The highest BCUT2D eigenvalue weighted by atomic mass is 35.5. The molecule has 5 heteroatoms.